The van der Waals surface area contributed by atoms with Gasteiger partial charge in [-0.1, -0.05) is 42.5 Å². The fourth-order valence-electron chi connectivity index (χ4n) is 3.25. The minimum Gasteiger partial charge on any atom is -0.508 e. The van der Waals surface area contributed by atoms with Gasteiger partial charge in [-0.3, -0.25) is 9.59 Å². The third-order valence-corrected chi connectivity index (χ3v) is 4.48. The number of nitrogens with zero attached hydrogens (tertiary/aromatic N) is 1. The molecule has 5 nitrogen and oxygen atoms in total. The SMILES string of the molecule is O=C(O)C1CN(C(=O)Cc2cccc(O)c2)CC1c1ccccc1. The van der Waals surface area contributed by atoms with E-state index in [0.29, 0.717) is 6.54 Å². The number of aromatic hydroxyl groups is 1. The van der Waals surface area contributed by atoms with Gasteiger partial charge in [0.1, 0.15) is 5.75 Å². The number of hydrogen-bond donors (Lipinski definition) is 2. The summed E-state index contributed by atoms with van der Waals surface area (Å²) < 4.78 is 0. The molecule has 2 atom stereocenters. The van der Waals surface area contributed by atoms with Gasteiger partial charge in [0.15, 0.2) is 0 Å². The minimum absolute atomic E-state index is 0.118. The monoisotopic (exact) mass is 325 g/mol. The van der Waals surface area contributed by atoms with Crippen LogP contribution in [0.15, 0.2) is 54.6 Å². The van der Waals surface area contributed by atoms with Gasteiger partial charge in [-0.15, -0.1) is 0 Å². The lowest BCUT2D eigenvalue weighted by Crippen LogP contribution is -2.31. The van der Waals surface area contributed by atoms with Crippen molar-refractivity contribution in [2.24, 2.45) is 5.92 Å². The van der Waals surface area contributed by atoms with Crippen LogP contribution in [-0.4, -0.2) is 40.1 Å². The molecule has 124 valence electrons. The van der Waals surface area contributed by atoms with Crippen LogP contribution in [-0.2, 0) is 16.0 Å². The van der Waals surface area contributed by atoms with Crippen LogP contribution in [0, 0.1) is 5.92 Å². The first kappa shape index (κ1) is 16.1. The van der Waals surface area contributed by atoms with Crippen molar-refractivity contribution >= 4 is 11.9 Å². The summed E-state index contributed by atoms with van der Waals surface area (Å²) in [7, 11) is 0. The van der Waals surface area contributed by atoms with E-state index < -0.39 is 11.9 Å². The maximum atomic E-state index is 12.5. The van der Waals surface area contributed by atoms with Crippen LogP contribution in [0.3, 0.4) is 0 Å². The smallest absolute Gasteiger partial charge is 0.308 e. The fraction of sp³-hybridized carbons (Fsp3) is 0.263. The normalized spacial score (nSPS) is 20.1. The molecule has 1 aliphatic heterocycles. The molecule has 0 radical (unpaired) electrons. The van der Waals surface area contributed by atoms with E-state index in [1.807, 2.05) is 30.3 Å². The fourth-order valence-corrected chi connectivity index (χ4v) is 3.25. The second kappa shape index (κ2) is 6.74. The van der Waals surface area contributed by atoms with Crippen molar-refractivity contribution in [3.8, 4) is 5.75 Å². The van der Waals surface area contributed by atoms with E-state index in [-0.39, 0.29) is 30.5 Å². The van der Waals surface area contributed by atoms with Crippen molar-refractivity contribution in [1.29, 1.82) is 0 Å². The molecule has 0 bridgehead atoms. The van der Waals surface area contributed by atoms with Crippen molar-refractivity contribution in [3.05, 3.63) is 65.7 Å². The Labute approximate surface area is 140 Å². The molecule has 0 saturated carbocycles. The number of carbonyl (C=O) groups excluding carboxylic acids is 1. The third-order valence-electron chi connectivity index (χ3n) is 4.48. The number of benzene rings is 2. The molecule has 3 rings (SSSR count). The summed E-state index contributed by atoms with van der Waals surface area (Å²) in [6.07, 6.45) is 0.155. The van der Waals surface area contributed by atoms with Crippen molar-refractivity contribution in [2.45, 2.75) is 12.3 Å². The second-order valence-electron chi connectivity index (χ2n) is 6.11. The zero-order valence-electron chi connectivity index (χ0n) is 13.1. The highest BCUT2D eigenvalue weighted by molar-refractivity contribution is 5.81. The summed E-state index contributed by atoms with van der Waals surface area (Å²) in [6, 6.07) is 16.0. The Morgan fingerprint density at radius 2 is 1.79 bits per heavy atom. The lowest BCUT2D eigenvalue weighted by Gasteiger charge is -2.16. The number of carboxylic acids is 1. The highest BCUT2D eigenvalue weighted by Crippen LogP contribution is 2.33. The highest BCUT2D eigenvalue weighted by Gasteiger charge is 2.40. The van der Waals surface area contributed by atoms with Crippen molar-refractivity contribution < 1.29 is 19.8 Å². The molecule has 1 aliphatic rings. The van der Waals surface area contributed by atoms with Crippen LogP contribution in [0.25, 0.3) is 0 Å². The Morgan fingerprint density at radius 1 is 1.04 bits per heavy atom. The molecule has 1 amide bonds. The Balaban J connectivity index is 1.75. The van der Waals surface area contributed by atoms with Crippen LogP contribution >= 0.6 is 0 Å². The van der Waals surface area contributed by atoms with E-state index in [2.05, 4.69) is 0 Å². The maximum Gasteiger partial charge on any atom is 0.308 e. The number of likely N-dealkylation sites (tertiary alicyclic amines) is 1. The van der Waals surface area contributed by atoms with E-state index in [4.69, 9.17) is 0 Å². The minimum atomic E-state index is -0.878. The largest absolute Gasteiger partial charge is 0.508 e. The summed E-state index contributed by atoms with van der Waals surface area (Å²) >= 11 is 0. The summed E-state index contributed by atoms with van der Waals surface area (Å²) in [5.74, 6) is -1.67. The number of phenolic OH excluding ortho intramolecular Hbond substituents is 1. The summed E-state index contributed by atoms with van der Waals surface area (Å²) in [4.78, 5) is 25.7. The molecule has 0 aliphatic carbocycles. The molecule has 24 heavy (non-hydrogen) atoms. The molecule has 0 aromatic heterocycles. The van der Waals surface area contributed by atoms with Crippen LogP contribution in [0.2, 0.25) is 0 Å². The molecule has 2 aromatic carbocycles. The van der Waals surface area contributed by atoms with E-state index >= 15 is 0 Å². The van der Waals surface area contributed by atoms with Gasteiger partial charge >= 0.3 is 5.97 Å². The van der Waals surface area contributed by atoms with Gasteiger partial charge in [-0.05, 0) is 23.3 Å². The van der Waals surface area contributed by atoms with E-state index in [0.717, 1.165) is 11.1 Å². The number of phenols is 1. The zero-order chi connectivity index (χ0) is 17.1. The van der Waals surface area contributed by atoms with E-state index in [1.165, 1.54) is 0 Å². The summed E-state index contributed by atoms with van der Waals surface area (Å²) in [6.45, 7) is 0.616. The van der Waals surface area contributed by atoms with Crippen LogP contribution in [0.4, 0.5) is 0 Å². The molecule has 0 spiro atoms. The topological polar surface area (TPSA) is 77.8 Å². The molecule has 1 saturated heterocycles. The molecule has 2 aromatic rings. The first-order valence-corrected chi connectivity index (χ1v) is 7.88. The Hall–Kier alpha value is -2.82. The molecule has 5 heteroatoms. The van der Waals surface area contributed by atoms with Gasteiger partial charge in [0, 0.05) is 19.0 Å². The predicted octanol–water partition coefficient (Wildman–Crippen LogP) is 2.26. The molecule has 2 unspecified atom stereocenters. The predicted molar refractivity (Wildman–Crippen MR) is 88.7 cm³/mol. The van der Waals surface area contributed by atoms with Crippen molar-refractivity contribution in [2.75, 3.05) is 13.1 Å². The highest BCUT2D eigenvalue weighted by atomic mass is 16.4. The van der Waals surface area contributed by atoms with Crippen molar-refractivity contribution in [3.63, 3.8) is 0 Å². The first-order valence-electron chi connectivity index (χ1n) is 7.88. The Kier molecular flexibility index (Phi) is 4.51. The van der Waals surface area contributed by atoms with E-state index in [1.54, 1.807) is 29.2 Å². The van der Waals surface area contributed by atoms with E-state index in [9.17, 15) is 19.8 Å². The van der Waals surface area contributed by atoms with Gasteiger partial charge in [0.25, 0.3) is 0 Å². The van der Waals surface area contributed by atoms with Gasteiger partial charge < -0.3 is 15.1 Å². The molecule has 1 heterocycles. The lowest BCUT2D eigenvalue weighted by atomic mass is 9.89. The lowest BCUT2D eigenvalue weighted by molar-refractivity contribution is -0.141. The van der Waals surface area contributed by atoms with Crippen LogP contribution in [0.1, 0.15) is 17.0 Å². The summed E-state index contributed by atoms with van der Waals surface area (Å²) in [5.41, 5.74) is 1.66. The second-order valence-corrected chi connectivity index (χ2v) is 6.11. The third kappa shape index (κ3) is 3.40. The van der Waals surface area contributed by atoms with Gasteiger partial charge in [0.05, 0.1) is 12.3 Å². The number of hydrogen-bond acceptors (Lipinski definition) is 3. The first-order chi connectivity index (χ1) is 11.5. The van der Waals surface area contributed by atoms with Gasteiger partial charge in [0.2, 0.25) is 5.91 Å². The number of rotatable bonds is 4. The van der Waals surface area contributed by atoms with Gasteiger partial charge in [-0.2, -0.15) is 0 Å². The molecule has 1 fully saturated rings. The van der Waals surface area contributed by atoms with Crippen LogP contribution in [0.5, 0.6) is 5.75 Å². The molecule has 2 N–H and O–H groups in total. The number of amides is 1. The maximum absolute atomic E-state index is 12.5. The average Bonchev–Trinajstić information content (AvgIpc) is 3.01. The molecular formula is C19H19NO4. The quantitative estimate of drug-likeness (QED) is 0.904. The summed E-state index contributed by atoms with van der Waals surface area (Å²) in [5, 5.41) is 19.0. The van der Waals surface area contributed by atoms with Crippen LogP contribution < -0.4 is 0 Å². The average molecular weight is 325 g/mol. The van der Waals surface area contributed by atoms with Crippen molar-refractivity contribution in [1.82, 2.24) is 4.90 Å². The Bertz CT molecular complexity index is 744. The molecular weight excluding hydrogens is 306 g/mol. The number of aliphatic carboxylic acids is 1. The van der Waals surface area contributed by atoms with Gasteiger partial charge in [-0.25, -0.2) is 0 Å². The number of carbonyl (C=O) groups is 2. The zero-order valence-corrected chi connectivity index (χ0v) is 13.1. The standard InChI is InChI=1S/C19H19NO4/c21-15-8-4-5-13(9-15)10-18(22)20-11-16(17(12-20)19(23)24)14-6-2-1-3-7-14/h1-9,16-17,21H,10-12H2,(H,23,24). The Morgan fingerprint density at radius 3 is 2.46 bits per heavy atom. The number of carboxylic acid groups (broad SMARTS) is 1.